The first-order chi connectivity index (χ1) is 5.61. The molecule has 0 saturated heterocycles. The van der Waals surface area contributed by atoms with Gasteiger partial charge in [0.25, 0.3) is 0 Å². The quantitative estimate of drug-likeness (QED) is 0.597. The topological polar surface area (TPSA) is 17.1 Å². The van der Waals surface area contributed by atoms with Crippen LogP contribution >= 0.6 is 0 Å². The first kappa shape index (κ1) is 11.7. The smallest absolute Gasteiger partial charge is 0.135 e. The van der Waals surface area contributed by atoms with Crippen LogP contribution in [0.15, 0.2) is 0 Å². The van der Waals surface area contributed by atoms with E-state index in [4.69, 9.17) is 0 Å². The van der Waals surface area contributed by atoms with Gasteiger partial charge >= 0.3 is 0 Å². The van der Waals surface area contributed by atoms with Crippen LogP contribution in [0.3, 0.4) is 0 Å². The van der Waals surface area contributed by atoms with E-state index in [9.17, 15) is 4.79 Å². The summed E-state index contributed by atoms with van der Waals surface area (Å²) in [6, 6.07) is 0. The van der Waals surface area contributed by atoms with Crippen molar-refractivity contribution in [3.05, 3.63) is 0 Å². The lowest BCUT2D eigenvalue weighted by Gasteiger charge is -2.10. The fourth-order valence-electron chi connectivity index (χ4n) is 1.07. The molecule has 12 heavy (non-hydrogen) atoms. The van der Waals surface area contributed by atoms with Gasteiger partial charge in [-0.15, -0.1) is 0 Å². The summed E-state index contributed by atoms with van der Waals surface area (Å²) in [5, 5.41) is 0. The number of rotatable bonds is 6. The molecule has 0 radical (unpaired) electrons. The third-order valence-electron chi connectivity index (χ3n) is 2.74. The maximum Gasteiger partial charge on any atom is 0.135 e. The van der Waals surface area contributed by atoms with E-state index in [2.05, 4.69) is 20.8 Å². The molecule has 1 heteroatoms. The maximum absolute atomic E-state index is 11.4. The highest BCUT2D eigenvalue weighted by Crippen LogP contribution is 2.13. The summed E-state index contributed by atoms with van der Waals surface area (Å²) in [6.45, 7) is 8.49. The second-order valence-corrected chi connectivity index (χ2v) is 3.83. The van der Waals surface area contributed by atoms with E-state index >= 15 is 0 Å². The van der Waals surface area contributed by atoms with Crippen molar-refractivity contribution < 1.29 is 4.79 Å². The molecule has 0 N–H and O–H groups in total. The summed E-state index contributed by atoms with van der Waals surface area (Å²) < 4.78 is 0. The Balaban J connectivity index is 3.56. The molecule has 0 aromatic rings. The molecule has 72 valence electrons. The lowest BCUT2D eigenvalue weighted by molar-refractivity contribution is -0.122. The van der Waals surface area contributed by atoms with Crippen molar-refractivity contribution in [2.75, 3.05) is 0 Å². The van der Waals surface area contributed by atoms with Gasteiger partial charge in [0.1, 0.15) is 5.78 Å². The summed E-state index contributed by atoms with van der Waals surface area (Å²) >= 11 is 0. The monoisotopic (exact) mass is 170 g/mol. The Morgan fingerprint density at radius 2 is 1.75 bits per heavy atom. The Kier molecular flexibility index (Phi) is 6.04. The van der Waals surface area contributed by atoms with Gasteiger partial charge in [-0.3, -0.25) is 4.79 Å². The van der Waals surface area contributed by atoms with Crippen LogP contribution in [0.5, 0.6) is 0 Å². The molecule has 0 fully saturated rings. The average Bonchev–Trinajstić information content (AvgIpc) is 2.11. The fourth-order valence-corrected chi connectivity index (χ4v) is 1.07. The Hall–Kier alpha value is -0.330. The van der Waals surface area contributed by atoms with Gasteiger partial charge < -0.3 is 0 Å². The molecule has 0 heterocycles. The van der Waals surface area contributed by atoms with E-state index in [0.717, 1.165) is 19.3 Å². The SMILES string of the molecule is CCC(C)CCC(=O)C(C)CC. The van der Waals surface area contributed by atoms with Gasteiger partial charge in [0.2, 0.25) is 0 Å². The van der Waals surface area contributed by atoms with E-state index in [1.165, 1.54) is 6.42 Å². The van der Waals surface area contributed by atoms with Gasteiger partial charge in [0, 0.05) is 12.3 Å². The standard InChI is InChI=1S/C11H22O/c1-5-9(3)7-8-11(12)10(4)6-2/h9-10H,5-8H2,1-4H3. The van der Waals surface area contributed by atoms with Crippen molar-refractivity contribution >= 4 is 5.78 Å². The molecular formula is C11H22O. The second-order valence-electron chi connectivity index (χ2n) is 3.83. The lowest BCUT2D eigenvalue weighted by Crippen LogP contribution is -2.10. The van der Waals surface area contributed by atoms with E-state index in [1.807, 2.05) is 6.92 Å². The van der Waals surface area contributed by atoms with Gasteiger partial charge in [0.05, 0.1) is 0 Å². The van der Waals surface area contributed by atoms with Crippen LogP contribution in [0.4, 0.5) is 0 Å². The van der Waals surface area contributed by atoms with Crippen LogP contribution in [0.2, 0.25) is 0 Å². The largest absolute Gasteiger partial charge is 0.299 e. The van der Waals surface area contributed by atoms with Crippen LogP contribution < -0.4 is 0 Å². The van der Waals surface area contributed by atoms with E-state index < -0.39 is 0 Å². The summed E-state index contributed by atoms with van der Waals surface area (Å²) in [5.41, 5.74) is 0. The van der Waals surface area contributed by atoms with Crippen LogP contribution in [-0.2, 0) is 4.79 Å². The molecule has 0 aromatic heterocycles. The van der Waals surface area contributed by atoms with Crippen molar-refractivity contribution in [2.45, 2.75) is 53.4 Å². The van der Waals surface area contributed by atoms with E-state index in [1.54, 1.807) is 0 Å². The molecule has 2 unspecified atom stereocenters. The fraction of sp³-hybridized carbons (Fsp3) is 0.909. The molecular weight excluding hydrogens is 148 g/mol. The molecule has 0 bridgehead atoms. The van der Waals surface area contributed by atoms with Crippen LogP contribution in [-0.4, -0.2) is 5.78 Å². The highest BCUT2D eigenvalue weighted by atomic mass is 16.1. The zero-order chi connectivity index (χ0) is 9.56. The van der Waals surface area contributed by atoms with Crippen LogP contribution in [0.25, 0.3) is 0 Å². The minimum atomic E-state index is 0.272. The molecule has 0 aliphatic carbocycles. The molecule has 0 amide bonds. The van der Waals surface area contributed by atoms with Crippen molar-refractivity contribution in [3.63, 3.8) is 0 Å². The summed E-state index contributed by atoms with van der Waals surface area (Å²) in [5.74, 6) is 1.42. The highest BCUT2D eigenvalue weighted by molar-refractivity contribution is 5.80. The first-order valence-corrected chi connectivity index (χ1v) is 5.14. The van der Waals surface area contributed by atoms with Gasteiger partial charge in [0.15, 0.2) is 0 Å². The predicted octanol–water partition coefficient (Wildman–Crippen LogP) is 3.43. The van der Waals surface area contributed by atoms with Crippen LogP contribution in [0, 0.1) is 11.8 Å². The van der Waals surface area contributed by atoms with Crippen molar-refractivity contribution in [1.29, 1.82) is 0 Å². The first-order valence-electron chi connectivity index (χ1n) is 5.14. The zero-order valence-corrected chi connectivity index (χ0v) is 8.89. The number of ketones is 1. The minimum Gasteiger partial charge on any atom is -0.299 e. The number of Topliss-reactive ketones (excluding diaryl/α,β-unsaturated/α-hetero) is 1. The van der Waals surface area contributed by atoms with Gasteiger partial charge in [-0.2, -0.15) is 0 Å². The maximum atomic E-state index is 11.4. The molecule has 0 saturated carbocycles. The number of hydrogen-bond donors (Lipinski definition) is 0. The van der Waals surface area contributed by atoms with E-state index in [-0.39, 0.29) is 5.92 Å². The Bertz CT molecular complexity index is 129. The molecule has 0 aromatic carbocycles. The molecule has 1 nitrogen and oxygen atoms in total. The Morgan fingerprint density at radius 1 is 1.17 bits per heavy atom. The van der Waals surface area contributed by atoms with Crippen LogP contribution in [0.1, 0.15) is 53.4 Å². The summed E-state index contributed by atoms with van der Waals surface area (Å²) in [4.78, 5) is 11.4. The average molecular weight is 170 g/mol. The molecule has 0 aliphatic heterocycles. The van der Waals surface area contributed by atoms with Crippen molar-refractivity contribution in [2.24, 2.45) is 11.8 Å². The lowest BCUT2D eigenvalue weighted by atomic mass is 9.95. The number of carbonyl (C=O) groups is 1. The Morgan fingerprint density at radius 3 is 2.17 bits per heavy atom. The summed E-state index contributed by atoms with van der Waals surface area (Å²) in [7, 11) is 0. The minimum absolute atomic E-state index is 0.272. The second kappa shape index (κ2) is 6.22. The number of carbonyl (C=O) groups excluding carboxylic acids is 1. The Labute approximate surface area is 76.6 Å². The third-order valence-corrected chi connectivity index (χ3v) is 2.74. The molecule has 0 rings (SSSR count). The van der Waals surface area contributed by atoms with Gasteiger partial charge in [-0.25, -0.2) is 0 Å². The van der Waals surface area contributed by atoms with Crippen molar-refractivity contribution in [1.82, 2.24) is 0 Å². The zero-order valence-electron chi connectivity index (χ0n) is 8.89. The molecule has 2 atom stereocenters. The molecule has 0 spiro atoms. The normalized spacial score (nSPS) is 15.7. The number of hydrogen-bond acceptors (Lipinski definition) is 1. The summed E-state index contributed by atoms with van der Waals surface area (Å²) in [6.07, 6.45) is 4.02. The van der Waals surface area contributed by atoms with Crippen molar-refractivity contribution in [3.8, 4) is 0 Å². The molecule has 0 aliphatic rings. The highest BCUT2D eigenvalue weighted by Gasteiger charge is 2.11. The third kappa shape index (κ3) is 4.53. The van der Waals surface area contributed by atoms with E-state index in [0.29, 0.717) is 11.7 Å². The van der Waals surface area contributed by atoms with Gasteiger partial charge in [-0.1, -0.05) is 34.1 Å². The van der Waals surface area contributed by atoms with Gasteiger partial charge in [-0.05, 0) is 18.8 Å². The predicted molar refractivity (Wildman–Crippen MR) is 53.2 cm³/mol.